The molecule has 1 rings (SSSR count). The number of sulfone groups is 1. The minimum absolute atomic E-state index is 0.0686. The predicted octanol–water partition coefficient (Wildman–Crippen LogP) is 0.0347. The van der Waals surface area contributed by atoms with Gasteiger partial charge in [-0.25, -0.2) is 18.4 Å². The van der Waals surface area contributed by atoms with Crippen LogP contribution in [0.4, 0.5) is 0 Å². The standard InChI is InChI=1S/C7H10ClN3O2S/c1-14(12,13)6-4-5(2-3-9)10-7(8)11-6/h4H,2-3,9H2,1H3. The van der Waals surface area contributed by atoms with Gasteiger partial charge in [-0.3, -0.25) is 0 Å². The third kappa shape index (κ3) is 2.90. The monoisotopic (exact) mass is 235 g/mol. The molecular formula is C7H10ClN3O2S. The lowest BCUT2D eigenvalue weighted by molar-refractivity contribution is 0.597. The summed E-state index contributed by atoms with van der Waals surface area (Å²) >= 11 is 5.56. The van der Waals surface area contributed by atoms with Crippen LogP contribution in [0.25, 0.3) is 0 Å². The van der Waals surface area contributed by atoms with Gasteiger partial charge in [0.1, 0.15) is 0 Å². The molecule has 1 aromatic heterocycles. The van der Waals surface area contributed by atoms with Gasteiger partial charge in [-0.05, 0) is 24.2 Å². The van der Waals surface area contributed by atoms with Gasteiger partial charge in [0.05, 0.1) is 0 Å². The highest BCUT2D eigenvalue weighted by atomic mass is 35.5. The summed E-state index contributed by atoms with van der Waals surface area (Å²) in [5, 5.41) is -0.141. The van der Waals surface area contributed by atoms with Gasteiger partial charge in [-0.15, -0.1) is 0 Å². The van der Waals surface area contributed by atoms with E-state index in [4.69, 9.17) is 17.3 Å². The first-order valence-electron chi connectivity index (χ1n) is 3.87. The molecule has 0 unspecified atom stereocenters. The van der Waals surface area contributed by atoms with Crippen molar-refractivity contribution in [2.45, 2.75) is 11.4 Å². The first-order chi connectivity index (χ1) is 6.43. The fraction of sp³-hybridized carbons (Fsp3) is 0.429. The van der Waals surface area contributed by atoms with E-state index < -0.39 is 9.84 Å². The fourth-order valence-electron chi connectivity index (χ4n) is 0.907. The number of hydrogen-bond donors (Lipinski definition) is 1. The van der Waals surface area contributed by atoms with Crippen LogP contribution in [0.1, 0.15) is 5.69 Å². The molecule has 0 radical (unpaired) electrons. The Balaban J connectivity index is 3.21. The molecule has 0 aromatic carbocycles. The van der Waals surface area contributed by atoms with Crippen LogP contribution in [0.5, 0.6) is 0 Å². The zero-order chi connectivity index (χ0) is 10.8. The molecule has 0 saturated heterocycles. The molecule has 1 aromatic rings. The summed E-state index contributed by atoms with van der Waals surface area (Å²) in [5.74, 6) is 0. The zero-order valence-corrected chi connectivity index (χ0v) is 9.14. The Hall–Kier alpha value is -0.720. The lowest BCUT2D eigenvalue weighted by atomic mass is 10.3. The predicted molar refractivity (Wildman–Crippen MR) is 52.9 cm³/mol. The van der Waals surface area contributed by atoms with E-state index in [1.54, 1.807) is 0 Å². The summed E-state index contributed by atoms with van der Waals surface area (Å²) in [5.41, 5.74) is 5.85. The molecule has 0 atom stereocenters. The molecule has 78 valence electrons. The second kappa shape index (κ2) is 4.20. The molecule has 0 aliphatic rings. The molecule has 1 heterocycles. The fourth-order valence-corrected chi connectivity index (χ4v) is 1.76. The minimum atomic E-state index is -3.34. The third-order valence-electron chi connectivity index (χ3n) is 1.51. The van der Waals surface area contributed by atoms with Crippen LogP contribution in [-0.4, -0.2) is 31.2 Å². The molecule has 5 nitrogen and oxygen atoms in total. The lowest BCUT2D eigenvalue weighted by Crippen LogP contribution is -2.08. The average molecular weight is 236 g/mol. The van der Waals surface area contributed by atoms with Crippen LogP contribution in [0, 0.1) is 0 Å². The number of rotatable bonds is 3. The van der Waals surface area contributed by atoms with Crippen LogP contribution < -0.4 is 5.73 Å². The summed E-state index contributed by atoms with van der Waals surface area (Å²) in [6.45, 7) is 0.385. The molecule has 7 heteroatoms. The van der Waals surface area contributed by atoms with Crippen molar-refractivity contribution in [1.82, 2.24) is 9.97 Å². The second-order valence-electron chi connectivity index (χ2n) is 2.78. The van der Waals surface area contributed by atoms with Crippen LogP contribution >= 0.6 is 11.6 Å². The van der Waals surface area contributed by atoms with Crippen molar-refractivity contribution in [3.05, 3.63) is 17.0 Å². The van der Waals surface area contributed by atoms with Gasteiger partial charge in [0.15, 0.2) is 14.9 Å². The summed E-state index contributed by atoms with van der Waals surface area (Å²) in [7, 11) is -3.34. The molecule has 0 spiro atoms. The van der Waals surface area contributed by atoms with E-state index in [0.717, 1.165) is 6.26 Å². The molecular weight excluding hydrogens is 226 g/mol. The SMILES string of the molecule is CS(=O)(=O)c1cc(CCN)nc(Cl)n1. The van der Waals surface area contributed by atoms with Crippen molar-refractivity contribution < 1.29 is 8.42 Å². The van der Waals surface area contributed by atoms with Gasteiger partial charge in [0, 0.05) is 18.4 Å². The van der Waals surface area contributed by atoms with Crippen molar-refractivity contribution >= 4 is 21.4 Å². The summed E-state index contributed by atoms with van der Waals surface area (Å²) < 4.78 is 22.3. The van der Waals surface area contributed by atoms with E-state index in [1.807, 2.05) is 0 Å². The van der Waals surface area contributed by atoms with Crippen LogP contribution in [-0.2, 0) is 16.3 Å². The van der Waals surface area contributed by atoms with E-state index in [-0.39, 0.29) is 10.3 Å². The van der Waals surface area contributed by atoms with Crippen molar-refractivity contribution in [2.75, 3.05) is 12.8 Å². The van der Waals surface area contributed by atoms with Gasteiger partial charge in [0.25, 0.3) is 0 Å². The van der Waals surface area contributed by atoms with Crippen LogP contribution in [0.2, 0.25) is 5.28 Å². The molecule has 0 fully saturated rings. The van der Waals surface area contributed by atoms with Crippen molar-refractivity contribution in [2.24, 2.45) is 5.73 Å². The lowest BCUT2D eigenvalue weighted by Gasteiger charge is -2.01. The average Bonchev–Trinajstić information content (AvgIpc) is 2.02. The number of halogens is 1. The topological polar surface area (TPSA) is 85.9 Å². The third-order valence-corrected chi connectivity index (χ3v) is 2.65. The maximum Gasteiger partial charge on any atom is 0.223 e. The number of hydrogen-bond acceptors (Lipinski definition) is 5. The van der Waals surface area contributed by atoms with E-state index in [2.05, 4.69) is 9.97 Å². The first kappa shape index (κ1) is 11.4. The van der Waals surface area contributed by atoms with Crippen molar-refractivity contribution in [1.29, 1.82) is 0 Å². The first-order valence-corrected chi connectivity index (χ1v) is 6.14. The second-order valence-corrected chi connectivity index (χ2v) is 5.08. The largest absolute Gasteiger partial charge is 0.330 e. The zero-order valence-electron chi connectivity index (χ0n) is 7.57. The Bertz CT molecular complexity index is 433. The number of nitrogens with zero attached hydrogens (tertiary/aromatic N) is 2. The Morgan fingerprint density at radius 3 is 2.64 bits per heavy atom. The Labute approximate surface area is 87.2 Å². The molecule has 2 N–H and O–H groups in total. The smallest absolute Gasteiger partial charge is 0.223 e. The van der Waals surface area contributed by atoms with Gasteiger partial charge >= 0.3 is 0 Å². The Morgan fingerprint density at radius 1 is 1.50 bits per heavy atom. The minimum Gasteiger partial charge on any atom is -0.330 e. The quantitative estimate of drug-likeness (QED) is 0.590. The maximum absolute atomic E-state index is 11.2. The van der Waals surface area contributed by atoms with Crippen molar-refractivity contribution in [3.8, 4) is 0 Å². The molecule has 0 saturated carbocycles. The molecule has 0 amide bonds. The molecule has 0 bridgehead atoms. The Kier molecular flexibility index (Phi) is 3.41. The highest BCUT2D eigenvalue weighted by molar-refractivity contribution is 7.90. The Morgan fingerprint density at radius 2 is 2.14 bits per heavy atom. The summed E-state index contributed by atoms with van der Waals surface area (Å²) in [6, 6.07) is 1.38. The van der Waals surface area contributed by atoms with Gasteiger partial charge in [-0.1, -0.05) is 0 Å². The van der Waals surface area contributed by atoms with Crippen molar-refractivity contribution in [3.63, 3.8) is 0 Å². The van der Waals surface area contributed by atoms with E-state index in [0.29, 0.717) is 18.7 Å². The van der Waals surface area contributed by atoms with Gasteiger partial charge in [-0.2, -0.15) is 0 Å². The molecule has 0 aliphatic carbocycles. The number of aromatic nitrogens is 2. The van der Waals surface area contributed by atoms with Gasteiger partial charge < -0.3 is 5.73 Å². The highest BCUT2D eigenvalue weighted by Gasteiger charge is 2.11. The summed E-state index contributed by atoms with van der Waals surface area (Å²) in [4.78, 5) is 7.46. The van der Waals surface area contributed by atoms with Crippen LogP contribution in [0.15, 0.2) is 11.1 Å². The van der Waals surface area contributed by atoms with E-state index in [1.165, 1.54) is 6.07 Å². The van der Waals surface area contributed by atoms with E-state index >= 15 is 0 Å². The van der Waals surface area contributed by atoms with Crippen LogP contribution in [0.3, 0.4) is 0 Å². The highest BCUT2D eigenvalue weighted by Crippen LogP contribution is 2.11. The van der Waals surface area contributed by atoms with Gasteiger partial charge in [0.2, 0.25) is 5.28 Å². The van der Waals surface area contributed by atoms with E-state index in [9.17, 15) is 8.42 Å². The normalized spacial score (nSPS) is 11.6. The number of nitrogens with two attached hydrogens (primary N) is 1. The summed E-state index contributed by atoms with van der Waals surface area (Å²) in [6.07, 6.45) is 1.54. The molecule has 0 aliphatic heterocycles. The maximum atomic E-state index is 11.2. The molecule has 14 heavy (non-hydrogen) atoms.